The molecule has 2 rings (SSSR count). The molecule has 1 aliphatic rings. The number of nitrogens with one attached hydrogen (secondary N) is 1. The van der Waals surface area contributed by atoms with Crippen LogP contribution in [0.25, 0.3) is 0 Å². The Hall–Kier alpha value is -0.820. The molecule has 0 aliphatic carbocycles. The Morgan fingerprint density at radius 2 is 1.79 bits per heavy atom. The van der Waals surface area contributed by atoms with E-state index in [2.05, 4.69) is 30.1 Å². The average molecular weight is 568 g/mol. The maximum Gasteiger partial charge on any atom is 0.490 e. The number of aliphatic hydroxyl groups is 2. The fourth-order valence-electron chi connectivity index (χ4n) is 2.52. The second-order valence-corrected chi connectivity index (χ2v) is 11.1. The summed E-state index contributed by atoms with van der Waals surface area (Å²) in [7, 11) is -17.6. The van der Waals surface area contributed by atoms with Gasteiger partial charge in [0.2, 0.25) is 0 Å². The summed E-state index contributed by atoms with van der Waals surface area (Å²) in [5.74, 6) is -5.16. The minimum absolute atomic E-state index is 0.0695. The van der Waals surface area contributed by atoms with Gasteiger partial charge in [0.05, 0.1) is 6.20 Å². The van der Waals surface area contributed by atoms with Crippen LogP contribution in [0, 0.1) is 10.5 Å². The Kier molecular flexibility index (Phi) is 8.03. The molecule has 0 radical (unpaired) electrons. The number of aliphatic hydroxyl groups excluding tert-OH is 1. The van der Waals surface area contributed by atoms with Gasteiger partial charge in [-0.1, -0.05) is 12.2 Å². The third kappa shape index (κ3) is 6.45. The number of phosphoric ester groups is 1. The van der Waals surface area contributed by atoms with E-state index in [1.54, 1.807) is 4.98 Å². The van der Waals surface area contributed by atoms with Crippen molar-refractivity contribution in [2.24, 2.45) is 0 Å². The quantitative estimate of drug-likeness (QED) is 0.149. The van der Waals surface area contributed by atoms with E-state index in [1.165, 1.54) is 0 Å². The van der Waals surface area contributed by atoms with E-state index in [0.717, 1.165) is 0 Å². The normalized spacial score (nSPS) is 31.8. The van der Waals surface area contributed by atoms with E-state index in [4.69, 9.17) is 14.7 Å². The number of halogens is 3. The molecule has 1 aliphatic heterocycles. The van der Waals surface area contributed by atoms with Gasteiger partial charge in [0.25, 0.3) is 5.85 Å². The van der Waals surface area contributed by atoms with Gasteiger partial charge in [0.15, 0.2) is 23.8 Å². The maximum atomic E-state index is 15.1. The Labute approximate surface area is 184 Å². The van der Waals surface area contributed by atoms with Crippen molar-refractivity contribution in [3.63, 3.8) is 0 Å². The van der Waals surface area contributed by atoms with E-state index >= 15 is 4.39 Å². The van der Waals surface area contributed by atoms with Crippen molar-refractivity contribution < 1.29 is 74.5 Å². The lowest BCUT2D eigenvalue weighted by Crippen LogP contribution is -2.53. The molecule has 0 saturated carbocycles. The monoisotopic (exact) mass is 568 g/mol. The van der Waals surface area contributed by atoms with E-state index in [1.807, 2.05) is 0 Å². The molecule has 1 aromatic heterocycles. The Balaban J connectivity index is 2.31. The predicted octanol–water partition coefficient (Wildman–Crippen LogP) is -0.356. The zero-order valence-corrected chi connectivity index (χ0v) is 18.9. The van der Waals surface area contributed by atoms with Crippen LogP contribution in [0.3, 0.4) is 0 Å². The van der Waals surface area contributed by atoms with Crippen LogP contribution in [-0.4, -0.2) is 70.2 Å². The van der Waals surface area contributed by atoms with Crippen molar-refractivity contribution in [3.05, 3.63) is 27.1 Å². The first kappa shape index (κ1) is 28.4. The lowest BCUT2D eigenvalue weighted by atomic mass is 9.94. The largest absolute Gasteiger partial charge is 0.490 e. The van der Waals surface area contributed by atoms with Gasteiger partial charge in [-0.05, 0) is 0 Å². The van der Waals surface area contributed by atoms with Gasteiger partial charge >= 0.3 is 29.2 Å². The van der Waals surface area contributed by atoms with Crippen molar-refractivity contribution in [3.8, 4) is 0 Å². The molecular weight excluding hydrogens is 554 g/mol. The minimum atomic E-state index is -5.98. The van der Waals surface area contributed by atoms with E-state index in [-0.39, 0.29) is 10.8 Å². The molecule has 33 heavy (non-hydrogen) atoms. The molecule has 0 aromatic carbocycles. The van der Waals surface area contributed by atoms with Crippen LogP contribution in [0.4, 0.5) is 13.2 Å². The molecule has 190 valence electrons. The van der Waals surface area contributed by atoms with Crippen LogP contribution in [0.5, 0.6) is 0 Å². The number of hydrogen-bond acceptors (Lipinski definition) is 11. The van der Waals surface area contributed by atoms with E-state index < -0.39 is 76.7 Å². The van der Waals surface area contributed by atoms with Gasteiger partial charge < -0.3 is 34.5 Å². The van der Waals surface area contributed by atoms with E-state index in [9.17, 15) is 42.4 Å². The van der Waals surface area contributed by atoms with Crippen molar-refractivity contribution in [2.75, 3.05) is 13.3 Å². The van der Waals surface area contributed by atoms with Crippen LogP contribution in [0.2, 0.25) is 0 Å². The third-order valence-electron chi connectivity index (χ3n) is 3.85. The lowest BCUT2D eigenvalue weighted by molar-refractivity contribution is -0.205. The molecular formula is C10H14F3N2O14P3S. The highest BCUT2D eigenvalue weighted by molar-refractivity contribution is 7.71. The van der Waals surface area contributed by atoms with Crippen LogP contribution in [-0.2, 0) is 31.6 Å². The van der Waals surface area contributed by atoms with Gasteiger partial charge in [-0.15, -0.1) is 0 Å². The summed E-state index contributed by atoms with van der Waals surface area (Å²) in [6.07, 6.45) is -5.24. The number of aromatic amines is 1. The Morgan fingerprint density at radius 1 is 1.21 bits per heavy atom. The van der Waals surface area contributed by atoms with Crippen LogP contribution < -0.4 is 5.69 Å². The zero-order valence-electron chi connectivity index (χ0n) is 15.4. The van der Waals surface area contributed by atoms with Gasteiger partial charge in [-0.2, -0.15) is 8.62 Å². The SMILES string of the molecule is O=c1[nH]c(=S)c(F)cn1[C@@H]1O[C@](F)(COP(=O)(O)OP(=O)(O)OP(=O)(O)O)C(O)[C@]1(O)CF. The minimum Gasteiger partial charge on any atom is -0.384 e. The first-order chi connectivity index (χ1) is 14.8. The molecule has 1 fully saturated rings. The summed E-state index contributed by atoms with van der Waals surface area (Å²) in [4.78, 5) is 49.0. The van der Waals surface area contributed by atoms with Gasteiger partial charge in [0.1, 0.15) is 17.9 Å². The molecule has 2 heterocycles. The highest BCUT2D eigenvalue weighted by Gasteiger charge is 2.66. The smallest absolute Gasteiger partial charge is 0.384 e. The van der Waals surface area contributed by atoms with Gasteiger partial charge in [-0.25, -0.2) is 31.7 Å². The molecule has 23 heteroatoms. The van der Waals surface area contributed by atoms with Gasteiger partial charge in [0, 0.05) is 0 Å². The van der Waals surface area contributed by atoms with Gasteiger partial charge in [-0.3, -0.25) is 14.1 Å². The van der Waals surface area contributed by atoms with Crippen molar-refractivity contribution in [1.82, 2.24) is 9.55 Å². The second-order valence-electron chi connectivity index (χ2n) is 6.29. The third-order valence-corrected chi connectivity index (χ3v) is 7.93. The summed E-state index contributed by atoms with van der Waals surface area (Å²) in [6, 6.07) is 0. The number of ether oxygens (including phenoxy) is 1. The number of phosphoric acid groups is 3. The fraction of sp³-hybridized carbons (Fsp3) is 0.600. The van der Waals surface area contributed by atoms with Crippen molar-refractivity contribution >= 4 is 35.7 Å². The Morgan fingerprint density at radius 3 is 2.30 bits per heavy atom. The van der Waals surface area contributed by atoms with Crippen LogP contribution >= 0.6 is 35.7 Å². The molecule has 6 atom stereocenters. The summed E-state index contributed by atoms with van der Waals surface area (Å²) in [6.45, 7) is -4.00. The number of hydrogen-bond donors (Lipinski definition) is 7. The number of aromatic nitrogens is 2. The first-order valence-corrected chi connectivity index (χ1v) is 12.8. The topological polar surface area (TPSA) is 247 Å². The van der Waals surface area contributed by atoms with Crippen molar-refractivity contribution in [2.45, 2.75) is 23.8 Å². The number of nitrogens with zero attached hydrogens (tertiary/aromatic N) is 1. The number of alkyl halides is 2. The molecule has 0 spiro atoms. The predicted molar refractivity (Wildman–Crippen MR) is 96.6 cm³/mol. The average Bonchev–Trinajstić information content (AvgIpc) is 2.82. The summed E-state index contributed by atoms with van der Waals surface area (Å²) < 4.78 is 90.6. The molecule has 3 unspecified atom stereocenters. The highest BCUT2D eigenvalue weighted by atomic mass is 32.1. The standard InChI is InChI=1S/C10H14F3N2O14P3S/c11-2-9(18)6(16)10(13,27-7(9)15-1-4(12)5(33)14-8(15)17)3-26-31(22,23)29-32(24,25)28-30(19,20)21/h1,6-7,16,18H,2-3H2,(H,22,23)(H,24,25)(H,14,17,33)(H2,19,20,21)/t6?,7-,9-,10-/m1/s1. The van der Waals surface area contributed by atoms with Crippen molar-refractivity contribution in [1.29, 1.82) is 0 Å². The molecule has 0 amide bonds. The molecule has 7 N–H and O–H groups in total. The summed E-state index contributed by atoms with van der Waals surface area (Å²) >= 11 is 4.45. The zero-order chi connectivity index (χ0) is 25.6. The van der Waals surface area contributed by atoms with Crippen LogP contribution in [0.1, 0.15) is 6.23 Å². The number of H-pyrrole nitrogens is 1. The molecule has 1 saturated heterocycles. The molecule has 1 aromatic rings. The van der Waals surface area contributed by atoms with E-state index in [0.29, 0.717) is 0 Å². The summed E-state index contributed by atoms with van der Waals surface area (Å²) in [5.41, 5.74) is -4.68. The summed E-state index contributed by atoms with van der Waals surface area (Å²) in [5, 5.41) is 20.4. The highest BCUT2D eigenvalue weighted by Crippen LogP contribution is 2.66. The molecule has 16 nitrogen and oxygen atoms in total. The number of rotatable bonds is 9. The maximum absolute atomic E-state index is 15.1. The molecule has 0 bridgehead atoms. The van der Waals surface area contributed by atoms with Crippen LogP contribution in [0.15, 0.2) is 11.0 Å². The first-order valence-electron chi connectivity index (χ1n) is 7.88. The lowest BCUT2D eigenvalue weighted by Gasteiger charge is -2.29. The second kappa shape index (κ2) is 9.33. The fourth-order valence-corrected chi connectivity index (χ4v) is 5.69. The Bertz CT molecular complexity index is 1170.